The standard InChI is InChI=1S/C27H29N5O2/c1-27(26(28)34)16-9-19-32(27,23-13-6-5-12-22(23)31-17-7-8-18-31)25(33)15-14-24-29-20-10-3-4-11-21(20)30(24)2/h3-8,10-13,17-18H,9,14-16,19H2,1-2H3,(H-,28,34)/p+1/t27-,32?/m0/s1. The number of para-hydroxylation sites is 4. The van der Waals surface area contributed by atoms with E-state index in [1.807, 2.05) is 96.2 Å². The van der Waals surface area contributed by atoms with E-state index in [2.05, 4.69) is 0 Å². The fraction of sp³-hybridized carbons (Fsp3) is 0.296. The van der Waals surface area contributed by atoms with Gasteiger partial charge in [0.1, 0.15) is 11.5 Å². The number of aryl methyl sites for hydroxylation is 2. The van der Waals surface area contributed by atoms with Gasteiger partial charge in [-0.3, -0.25) is 4.79 Å². The van der Waals surface area contributed by atoms with Crippen LogP contribution in [-0.2, 0) is 23.1 Å². The van der Waals surface area contributed by atoms with E-state index in [0.29, 0.717) is 19.4 Å². The van der Waals surface area contributed by atoms with Gasteiger partial charge in [-0.25, -0.2) is 14.3 Å². The van der Waals surface area contributed by atoms with E-state index in [1.54, 1.807) is 0 Å². The van der Waals surface area contributed by atoms with E-state index in [-0.39, 0.29) is 16.8 Å². The molecule has 2 aromatic carbocycles. The van der Waals surface area contributed by atoms with Crippen LogP contribution in [0.3, 0.4) is 0 Å². The molecule has 5 rings (SSSR count). The summed E-state index contributed by atoms with van der Waals surface area (Å²) < 4.78 is 3.96. The Morgan fingerprint density at radius 3 is 2.50 bits per heavy atom. The van der Waals surface area contributed by atoms with Crippen molar-refractivity contribution in [3.8, 4) is 5.69 Å². The van der Waals surface area contributed by atoms with Crippen LogP contribution >= 0.6 is 0 Å². The third kappa shape index (κ3) is 3.19. The van der Waals surface area contributed by atoms with E-state index in [1.165, 1.54) is 0 Å². The SMILES string of the molecule is Cn1c(CCC(=O)[N+]2(c3ccccc3-n3cccc3)CCC[C@@]2(C)C(N)=O)nc2ccccc21. The van der Waals surface area contributed by atoms with Crippen molar-refractivity contribution in [3.63, 3.8) is 0 Å². The monoisotopic (exact) mass is 456 g/mol. The topological polar surface area (TPSA) is 82.9 Å². The maximum absolute atomic E-state index is 14.2. The average Bonchev–Trinajstić information content (AvgIpc) is 3.57. The van der Waals surface area contributed by atoms with Crippen LogP contribution in [0.25, 0.3) is 16.7 Å². The highest BCUT2D eigenvalue weighted by Gasteiger charge is 2.62. The first kappa shape index (κ1) is 22.1. The number of rotatable bonds is 6. The van der Waals surface area contributed by atoms with Crippen molar-refractivity contribution < 1.29 is 9.59 Å². The van der Waals surface area contributed by atoms with Gasteiger partial charge in [0.2, 0.25) is 0 Å². The Morgan fingerprint density at radius 2 is 1.76 bits per heavy atom. The third-order valence-corrected chi connectivity index (χ3v) is 7.57. The number of nitrogens with zero attached hydrogens (tertiary/aromatic N) is 4. The fourth-order valence-corrected chi connectivity index (χ4v) is 5.66. The number of aromatic nitrogens is 3. The molecule has 2 N–H and O–H groups in total. The van der Waals surface area contributed by atoms with Crippen molar-refractivity contribution in [2.75, 3.05) is 6.54 Å². The Kier molecular flexibility index (Phi) is 5.37. The van der Waals surface area contributed by atoms with Crippen LogP contribution in [0, 0.1) is 0 Å². The van der Waals surface area contributed by atoms with Crippen LogP contribution in [0.4, 0.5) is 5.69 Å². The first-order valence-electron chi connectivity index (χ1n) is 11.7. The Balaban J connectivity index is 1.59. The number of primary amides is 1. The number of hydrogen-bond acceptors (Lipinski definition) is 3. The number of nitrogens with two attached hydrogens (primary N) is 1. The van der Waals surface area contributed by atoms with Gasteiger partial charge in [0.25, 0.3) is 5.91 Å². The summed E-state index contributed by atoms with van der Waals surface area (Å²) in [5.41, 5.74) is 8.63. The lowest BCUT2D eigenvalue weighted by molar-refractivity contribution is -0.141. The molecule has 0 aliphatic carbocycles. The number of amides is 2. The molecule has 1 unspecified atom stereocenters. The van der Waals surface area contributed by atoms with Crippen LogP contribution in [-0.4, -0.2) is 38.0 Å². The predicted molar refractivity (Wildman–Crippen MR) is 133 cm³/mol. The summed E-state index contributed by atoms with van der Waals surface area (Å²) in [6.45, 7) is 2.39. The first-order valence-corrected chi connectivity index (χ1v) is 11.7. The van der Waals surface area contributed by atoms with Gasteiger partial charge in [-0.15, -0.1) is 0 Å². The summed E-state index contributed by atoms with van der Waals surface area (Å²) in [6.07, 6.45) is 5.98. The van der Waals surface area contributed by atoms with Crippen molar-refractivity contribution in [1.82, 2.24) is 18.6 Å². The summed E-state index contributed by atoms with van der Waals surface area (Å²) >= 11 is 0. The molecule has 1 aliphatic heterocycles. The lowest BCUT2D eigenvalue weighted by Crippen LogP contribution is -2.69. The second kappa shape index (κ2) is 8.25. The minimum absolute atomic E-state index is 0.00883. The second-order valence-electron chi connectivity index (χ2n) is 9.32. The number of imidazole rings is 1. The fourth-order valence-electron chi connectivity index (χ4n) is 5.66. The molecule has 3 heterocycles. The number of carbonyl (C=O) groups excluding carboxylic acids is 2. The van der Waals surface area contributed by atoms with Gasteiger partial charge in [-0.05, 0) is 30.3 Å². The van der Waals surface area contributed by atoms with Gasteiger partial charge in [-0.1, -0.05) is 24.3 Å². The van der Waals surface area contributed by atoms with Gasteiger partial charge in [-0.2, -0.15) is 0 Å². The summed E-state index contributed by atoms with van der Waals surface area (Å²) in [6, 6.07) is 19.7. The molecule has 0 saturated carbocycles. The summed E-state index contributed by atoms with van der Waals surface area (Å²) in [5, 5.41) is 0. The molecule has 2 aromatic heterocycles. The van der Waals surface area contributed by atoms with Crippen LogP contribution < -0.4 is 10.2 Å². The van der Waals surface area contributed by atoms with Crippen molar-refractivity contribution in [2.45, 2.75) is 38.1 Å². The summed E-state index contributed by atoms with van der Waals surface area (Å²) in [7, 11) is 1.98. The van der Waals surface area contributed by atoms with Gasteiger partial charge in [0.05, 0.1) is 24.0 Å². The first-order chi connectivity index (χ1) is 16.4. The summed E-state index contributed by atoms with van der Waals surface area (Å²) in [5.74, 6) is 0.403. The number of hydrogen-bond donors (Lipinski definition) is 1. The highest BCUT2D eigenvalue weighted by atomic mass is 16.2. The number of fused-ring (bicyclic) bond motifs is 1. The molecule has 2 amide bonds. The molecule has 7 nitrogen and oxygen atoms in total. The molecule has 1 aliphatic rings. The molecular formula is C27H30N5O2+. The molecule has 2 atom stereocenters. The lowest BCUT2D eigenvalue weighted by atomic mass is 9.93. The van der Waals surface area contributed by atoms with Gasteiger partial charge in [0, 0.05) is 51.7 Å². The van der Waals surface area contributed by atoms with Crippen LogP contribution in [0.2, 0.25) is 0 Å². The van der Waals surface area contributed by atoms with E-state index in [9.17, 15) is 9.59 Å². The molecule has 1 saturated heterocycles. The third-order valence-electron chi connectivity index (χ3n) is 7.57. The van der Waals surface area contributed by atoms with Gasteiger partial charge >= 0.3 is 5.91 Å². The number of benzene rings is 2. The lowest BCUT2D eigenvalue weighted by Gasteiger charge is -2.43. The molecule has 34 heavy (non-hydrogen) atoms. The zero-order chi connectivity index (χ0) is 23.9. The highest BCUT2D eigenvalue weighted by Crippen LogP contribution is 2.45. The Labute approximate surface area is 199 Å². The van der Waals surface area contributed by atoms with Crippen LogP contribution in [0.15, 0.2) is 73.1 Å². The zero-order valence-corrected chi connectivity index (χ0v) is 19.6. The zero-order valence-electron chi connectivity index (χ0n) is 19.6. The van der Waals surface area contributed by atoms with Crippen molar-refractivity contribution in [1.29, 1.82) is 0 Å². The quantitative estimate of drug-likeness (QED) is 0.447. The highest BCUT2D eigenvalue weighted by molar-refractivity contribution is 6.00. The molecular weight excluding hydrogens is 426 g/mol. The number of carbonyl (C=O) groups is 2. The van der Waals surface area contributed by atoms with Crippen molar-refractivity contribution in [2.24, 2.45) is 12.8 Å². The molecule has 0 spiro atoms. The predicted octanol–water partition coefficient (Wildman–Crippen LogP) is 3.87. The van der Waals surface area contributed by atoms with Crippen molar-refractivity contribution >= 4 is 28.5 Å². The smallest absolute Gasteiger partial charge is 0.320 e. The average molecular weight is 457 g/mol. The number of likely N-dealkylation sites (tertiary alicyclic amines) is 1. The van der Waals surface area contributed by atoms with Crippen molar-refractivity contribution in [3.05, 3.63) is 78.9 Å². The van der Waals surface area contributed by atoms with Gasteiger partial charge in [0.15, 0.2) is 11.2 Å². The van der Waals surface area contributed by atoms with Gasteiger partial charge < -0.3 is 14.9 Å². The largest absolute Gasteiger partial charge is 0.364 e. The second-order valence-corrected chi connectivity index (χ2v) is 9.32. The molecule has 4 aromatic rings. The maximum atomic E-state index is 14.2. The van der Waals surface area contributed by atoms with E-state index >= 15 is 0 Å². The van der Waals surface area contributed by atoms with Crippen LogP contribution in [0.5, 0.6) is 0 Å². The Morgan fingerprint density at radius 1 is 1.06 bits per heavy atom. The normalized spacial score (nSPS) is 22.3. The minimum Gasteiger partial charge on any atom is -0.364 e. The molecule has 174 valence electrons. The Hall–Kier alpha value is -3.71. The van der Waals surface area contributed by atoms with E-state index in [4.69, 9.17) is 10.7 Å². The molecule has 1 fully saturated rings. The molecule has 0 radical (unpaired) electrons. The van der Waals surface area contributed by atoms with E-state index < -0.39 is 11.4 Å². The van der Waals surface area contributed by atoms with E-state index in [0.717, 1.165) is 34.7 Å². The summed E-state index contributed by atoms with van der Waals surface area (Å²) in [4.78, 5) is 31.9. The minimum atomic E-state index is -1.02. The maximum Gasteiger partial charge on any atom is 0.320 e. The molecule has 7 heteroatoms. The van der Waals surface area contributed by atoms with Crippen LogP contribution in [0.1, 0.15) is 32.0 Å². The Bertz CT molecular complexity index is 1370. The number of quaternary nitrogens is 1. The molecule has 0 bridgehead atoms.